The molecule has 0 radical (unpaired) electrons. The van der Waals surface area contributed by atoms with Crippen LogP contribution in [0, 0.1) is 0 Å². The van der Waals surface area contributed by atoms with Gasteiger partial charge in [-0.25, -0.2) is 4.79 Å². The van der Waals surface area contributed by atoms with Gasteiger partial charge in [-0.3, -0.25) is 4.79 Å². The van der Waals surface area contributed by atoms with E-state index in [1.807, 2.05) is 0 Å². The number of hydrogen-bond acceptors (Lipinski definition) is 3. The average Bonchev–Trinajstić information content (AvgIpc) is 2.31. The molecular weight excluding hydrogens is 292 g/mol. The highest BCUT2D eigenvalue weighted by atomic mass is 35.5. The number of benzene rings is 1. The number of hydrogen-bond donors (Lipinski definition) is 1. The number of nitrogens with zero attached hydrogens (tertiary/aromatic N) is 1. The summed E-state index contributed by atoms with van der Waals surface area (Å²) in [4.78, 5) is 24.8. The molecule has 0 aromatic heterocycles. The molecule has 0 aliphatic carbocycles. The van der Waals surface area contributed by atoms with Gasteiger partial charge in [0.2, 0.25) is 5.91 Å². The van der Waals surface area contributed by atoms with Crippen LogP contribution in [-0.4, -0.2) is 30.7 Å². The minimum Gasteiger partial charge on any atom is -0.444 e. The van der Waals surface area contributed by atoms with Crippen LogP contribution in [-0.2, 0) is 9.53 Å². The zero-order valence-corrected chi connectivity index (χ0v) is 13.5. The van der Waals surface area contributed by atoms with Crippen molar-refractivity contribution in [3.8, 4) is 0 Å². The number of anilines is 1. The molecule has 5 nitrogen and oxygen atoms in total. The fraction of sp³-hybridized carbons (Fsp3) is 0.467. The Hall–Kier alpha value is -1.75. The summed E-state index contributed by atoms with van der Waals surface area (Å²) in [7, 11) is 0. The summed E-state index contributed by atoms with van der Waals surface area (Å²) in [6.07, 6.45) is -0.503. The maximum Gasteiger partial charge on any atom is 0.407 e. The van der Waals surface area contributed by atoms with Crippen LogP contribution >= 0.6 is 11.6 Å². The zero-order valence-electron chi connectivity index (χ0n) is 12.8. The van der Waals surface area contributed by atoms with Gasteiger partial charge in [0.15, 0.2) is 0 Å². The SMILES string of the molecule is CC(=O)N(CCNC(=O)OC(C)(C)C)c1cccc(Cl)c1. The van der Waals surface area contributed by atoms with Gasteiger partial charge in [-0.15, -0.1) is 0 Å². The third-order valence-electron chi connectivity index (χ3n) is 2.50. The van der Waals surface area contributed by atoms with E-state index in [2.05, 4.69) is 5.32 Å². The van der Waals surface area contributed by atoms with Crippen LogP contribution in [0.25, 0.3) is 0 Å². The molecule has 0 bridgehead atoms. The third-order valence-corrected chi connectivity index (χ3v) is 2.74. The fourth-order valence-electron chi connectivity index (χ4n) is 1.70. The van der Waals surface area contributed by atoms with E-state index < -0.39 is 11.7 Å². The van der Waals surface area contributed by atoms with Crippen molar-refractivity contribution in [3.05, 3.63) is 29.3 Å². The van der Waals surface area contributed by atoms with E-state index in [0.717, 1.165) is 0 Å². The lowest BCUT2D eigenvalue weighted by molar-refractivity contribution is -0.116. The van der Waals surface area contributed by atoms with Crippen molar-refractivity contribution in [1.82, 2.24) is 5.32 Å². The molecule has 116 valence electrons. The largest absolute Gasteiger partial charge is 0.444 e. The van der Waals surface area contributed by atoms with E-state index in [-0.39, 0.29) is 5.91 Å². The van der Waals surface area contributed by atoms with Crippen LogP contribution in [0.4, 0.5) is 10.5 Å². The summed E-state index contributed by atoms with van der Waals surface area (Å²) >= 11 is 5.92. The van der Waals surface area contributed by atoms with Crippen molar-refractivity contribution in [1.29, 1.82) is 0 Å². The maximum atomic E-state index is 11.7. The average molecular weight is 313 g/mol. The number of nitrogens with one attached hydrogen (secondary N) is 1. The Bertz CT molecular complexity index is 512. The van der Waals surface area contributed by atoms with Crippen LogP contribution in [0.15, 0.2) is 24.3 Å². The molecule has 0 saturated carbocycles. The van der Waals surface area contributed by atoms with Crippen molar-refractivity contribution in [2.24, 2.45) is 0 Å². The Morgan fingerprint density at radius 3 is 2.52 bits per heavy atom. The second kappa shape index (κ2) is 7.31. The monoisotopic (exact) mass is 312 g/mol. The number of halogens is 1. The van der Waals surface area contributed by atoms with Crippen molar-refractivity contribution in [2.75, 3.05) is 18.0 Å². The molecule has 2 amide bonds. The molecule has 1 N–H and O–H groups in total. The van der Waals surface area contributed by atoms with E-state index in [1.165, 1.54) is 6.92 Å². The number of carbonyl (C=O) groups is 2. The molecule has 0 aliphatic rings. The van der Waals surface area contributed by atoms with E-state index in [9.17, 15) is 9.59 Å². The number of carbonyl (C=O) groups excluding carboxylic acids is 2. The highest BCUT2D eigenvalue weighted by Gasteiger charge is 2.17. The molecule has 21 heavy (non-hydrogen) atoms. The van der Waals surface area contributed by atoms with Crippen molar-refractivity contribution < 1.29 is 14.3 Å². The predicted molar refractivity (Wildman–Crippen MR) is 83.7 cm³/mol. The minimum absolute atomic E-state index is 0.122. The van der Waals surface area contributed by atoms with Gasteiger partial charge in [0.05, 0.1) is 0 Å². The molecule has 0 unspecified atom stereocenters. The molecule has 6 heteroatoms. The molecule has 0 heterocycles. The molecular formula is C15H21ClN2O3. The van der Waals surface area contributed by atoms with Gasteiger partial charge in [-0.2, -0.15) is 0 Å². The minimum atomic E-state index is -0.544. The van der Waals surface area contributed by atoms with Crippen LogP contribution in [0.5, 0.6) is 0 Å². The Morgan fingerprint density at radius 2 is 2.00 bits per heavy atom. The van der Waals surface area contributed by atoms with Gasteiger partial charge in [-0.1, -0.05) is 17.7 Å². The number of rotatable bonds is 4. The Balaban J connectivity index is 2.57. The fourth-order valence-corrected chi connectivity index (χ4v) is 1.88. The van der Waals surface area contributed by atoms with Gasteiger partial charge >= 0.3 is 6.09 Å². The lowest BCUT2D eigenvalue weighted by Crippen LogP contribution is -2.39. The van der Waals surface area contributed by atoms with Crippen molar-refractivity contribution >= 4 is 29.3 Å². The van der Waals surface area contributed by atoms with E-state index in [4.69, 9.17) is 16.3 Å². The van der Waals surface area contributed by atoms with E-state index in [1.54, 1.807) is 49.9 Å². The first-order valence-electron chi connectivity index (χ1n) is 6.69. The molecule has 0 spiro atoms. The predicted octanol–water partition coefficient (Wildman–Crippen LogP) is 3.22. The van der Waals surface area contributed by atoms with Gasteiger partial charge in [-0.05, 0) is 39.0 Å². The zero-order chi connectivity index (χ0) is 16.0. The summed E-state index contributed by atoms with van der Waals surface area (Å²) in [6.45, 7) is 7.48. The van der Waals surface area contributed by atoms with Gasteiger partial charge in [0, 0.05) is 30.7 Å². The smallest absolute Gasteiger partial charge is 0.407 e. The summed E-state index contributed by atoms with van der Waals surface area (Å²) < 4.78 is 5.13. The van der Waals surface area contributed by atoms with Crippen molar-refractivity contribution in [2.45, 2.75) is 33.3 Å². The quantitative estimate of drug-likeness (QED) is 0.928. The topological polar surface area (TPSA) is 58.6 Å². The van der Waals surface area contributed by atoms with E-state index in [0.29, 0.717) is 23.8 Å². The van der Waals surface area contributed by atoms with E-state index >= 15 is 0 Å². The second-order valence-corrected chi connectivity index (χ2v) is 6.02. The van der Waals surface area contributed by atoms with Crippen LogP contribution in [0.3, 0.4) is 0 Å². The summed E-state index contributed by atoms with van der Waals surface area (Å²) in [5.41, 5.74) is 0.151. The van der Waals surface area contributed by atoms with Crippen LogP contribution < -0.4 is 10.2 Å². The third kappa shape index (κ3) is 6.49. The molecule has 0 fully saturated rings. The standard InChI is InChI=1S/C15H21ClN2O3/c1-11(19)18(13-7-5-6-12(16)10-13)9-8-17-14(20)21-15(2,3)4/h5-7,10H,8-9H2,1-4H3,(H,17,20). The summed E-state index contributed by atoms with van der Waals surface area (Å²) in [5, 5.41) is 3.18. The Kier molecular flexibility index (Phi) is 6.03. The highest BCUT2D eigenvalue weighted by molar-refractivity contribution is 6.30. The lowest BCUT2D eigenvalue weighted by atomic mass is 10.2. The Labute approximate surface area is 130 Å². The van der Waals surface area contributed by atoms with Crippen molar-refractivity contribution in [3.63, 3.8) is 0 Å². The lowest BCUT2D eigenvalue weighted by Gasteiger charge is -2.23. The van der Waals surface area contributed by atoms with Crippen LogP contribution in [0.1, 0.15) is 27.7 Å². The molecule has 0 saturated heterocycles. The number of amides is 2. The first-order chi connectivity index (χ1) is 9.69. The number of alkyl carbamates (subject to hydrolysis) is 1. The van der Waals surface area contributed by atoms with Crippen LogP contribution in [0.2, 0.25) is 5.02 Å². The molecule has 1 rings (SSSR count). The maximum absolute atomic E-state index is 11.7. The Morgan fingerprint density at radius 1 is 1.33 bits per heavy atom. The second-order valence-electron chi connectivity index (χ2n) is 5.58. The molecule has 0 aliphatic heterocycles. The molecule has 1 aromatic rings. The van der Waals surface area contributed by atoms with Gasteiger partial charge < -0.3 is 15.0 Å². The molecule has 0 atom stereocenters. The highest BCUT2D eigenvalue weighted by Crippen LogP contribution is 2.19. The van der Waals surface area contributed by atoms with Gasteiger partial charge in [0.25, 0.3) is 0 Å². The number of ether oxygens (including phenoxy) is 1. The first kappa shape index (κ1) is 17.3. The molecule has 1 aromatic carbocycles. The summed E-state index contributed by atoms with van der Waals surface area (Å²) in [5.74, 6) is -0.122. The summed E-state index contributed by atoms with van der Waals surface area (Å²) in [6, 6.07) is 7.01. The van der Waals surface area contributed by atoms with Gasteiger partial charge in [0.1, 0.15) is 5.60 Å². The normalized spacial score (nSPS) is 10.9. The first-order valence-corrected chi connectivity index (χ1v) is 7.07.